The van der Waals surface area contributed by atoms with Crippen molar-refractivity contribution < 1.29 is 19.8 Å². The van der Waals surface area contributed by atoms with Crippen molar-refractivity contribution >= 4 is 11.6 Å². The van der Waals surface area contributed by atoms with Crippen molar-refractivity contribution in [2.24, 2.45) is 5.92 Å². The molecule has 1 aliphatic rings. The molecule has 0 aliphatic heterocycles. The van der Waals surface area contributed by atoms with Gasteiger partial charge in [-0.2, -0.15) is 0 Å². The Kier molecular flexibility index (Phi) is 1.99. The zero-order chi connectivity index (χ0) is 9.30. The van der Waals surface area contributed by atoms with E-state index in [1.54, 1.807) is 0 Å². The Morgan fingerprint density at radius 2 is 2.08 bits per heavy atom. The van der Waals surface area contributed by atoms with Gasteiger partial charge in [-0.15, -0.1) is 0 Å². The molecule has 0 aromatic carbocycles. The van der Waals surface area contributed by atoms with Gasteiger partial charge in [0.15, 0.2) is 5.76 Å². The van der Waals surface area contributed by atoms with Crippen molar-refractivity contribution in [3.8, 4) is 0 Å². The van der Waals surface area contributed by atoms with Gasteiger partial charge in [0.25, 0.3) is 0 Å². The maximum absolute atomic E-state index is 11.0. The van der Waals surface area contributed by atoms with Crippen LogP contribution in [0.15, 0.2) is 23.7 Å². The van der Waals surface area contributed by atoms with Gasteiger partial charge in [-0.1, -0.05) is 6.08 Å². The minimum Gasteiger partial charge on any atom is -0.504 e. The van der Waals surface area contributed by atoms with E-state index in [2.05, 4.69) is 0 Å². The molecule has 0 saturated carbocycles. The van der Waals surface area contributed by atoms with Crippen LogP contribution in [0, 0.1) is 5.92 Å². The molecule has 0 saturated heterocycles. The van der Waals surface area contributed by atoms with Gasteiger partial charge in [0.1, 0.15) is 11.7 Å². The second-order valence-corrected chi connectivity index (χ2v) is 2.55. The summed E-state index contributed by atoms with van der Waals surface area (Å²) in [6.45, 7) is 1.25. The molecule has 0 aromatic heterocycles. The van der Waals surface area contributed by atoms with E-state index in [0.29, 0.717) is 0 Å². The van der Waals surface area contributed by atoms with E-state index in [-0.39, 0.29) is 5.78 Å². The van der Waals surface area contributed by atoms with Crippen LogP contribution >= 0.6 is 0 Å². The van der Waals surface area contributed by atoms with Gasteiger partial charge in [0, 0.05) is 0 Å². The van der Waals surface area contributed by atoms with Crippen molar-refractivity contribution in [3.05, 3.63) is 23.7 Å². The number of hydrogen-bond acceptors (Lipinski definition) is 4. The van der Waals surface area contributed by atoms with Crippen LogP contribution in [0.1, 0.15) is 6.92 Å². The zero-order valence-electron chi connectivity index (χ0n) is 6.44. The Hall–Kier alpha value is -1.58. The van der Waals surface area contributed by atoms with Crippen LogP contribution in [-0.4, -0.2) is 21.8 Å². The van der Waals surface area contributed by atoms with Crippen LogP contribution in [0.25, 0.3) is 0 Å². The lowest BCUT2D eigenvalue weighted by Crippen LogP contribution is -2.24. The first-order valence-electron chi connectivity index (χ1n) is 3.39. The highest BCUT2D eigenvalue weighted by atomic mass is 16.3. The van der Waals surface area contributed by atoms with E-state index in [9.17, 15) is 9.59 Å². The summed E-state index contributed by atoms with van der Waals surface area (Å²) < 4.78 is 0. The molecule has 64 valence electrons. The maximum Gasteiger partial charge on any atom is 0.215 e. The highest BCUT2D eigenvalue weighted by Crippen LogP contribution is 2.17. The number of allylic oxidation sites excluding steroid dienone is 3. The highest BCUT2D eigenvalue weighted by molar-refractivity contribution is 6.11. The third-order valence-corrected chi connectivity index (χ3v) is 1.64. The van der Waals surface area contributed by atoms with Gasteiger partial charge in [-0.25, -0.2) is 0 Å². The summed E-state index contributed by atoms with van der Waals surface area (Å²) in [5, 5.41) is 17.8. The number of aliphatic hydroxyl groups excluding tert-OH is 2. The van der Waals surface area contributed by atoms with Crippen LogP contribution in [0.5, 0.6) is 0 Å². The number of ketones is 2. The fraction of sp³-hybridized carbons (Fsp3) is 0.250. The van der Waals surface area contributed by atoms with Gasteiger partial charge in [-0.05, 0) is 13.0 Å². The van der Waals surface area contributed by atoms with Crippen molar-refractivity contribution in [1.82, 2.24) is 0 Å². The molecule has 0 bridgehead atoms. The average molecular weight is 168 g/mol. The molecule has 4 heteroatoms. The molecule has 0 fully saturated rings. The van der Waals surface area contributed by atoms with Crippen LogP contribution in [0.2, 0.25) is 0 Å². The quantitative estimate of drug-likeness (QED) is 0.564. The molecule has 0 radical (unpaired) electrons. The predicted octanol–water partition coefficient (Wildman–Crippen LogP) is 0.658. The minimum atomic E-state index is -0.944. The normalized spacial score (nSPS) is 23.1. The van der Waals surface area contributed by atoms with Gasteiger partial charge >= 0.3 is 0 Å². The lowest BCUT2D eigenvalue weighted by molar-refractivity contribution is -0.129. The van der Waals surface area contributed by atoms with Crippen molar-refractivity contribution in [1.29, 1.82) is 0 Å². The van der Waals surface area contributed by atoms with E-state index >= 15 is 0 Å². The van der Waals surface area contributed by atoms with Gasteiger partial charge in [0.05, 0.1) is 0 Å². The summed E-state index contributed by atoms with van der Waals surface area (Å²) in [6.07, 6.45) is 2.41. The summed E-state index contributed by atoms with van der Waals surface area (Å²) in [6, 6.07) is 0. The molecule has 1 aliphatic carbocycles. The van der Waals surface area contributed by atoms with Crippen LogP contribution in [-0.2, 0) is 9.59 Å². The zero-order valence-corrected chi connectivity index (χ0v) is 6.44. The topological polar surface area (TPSA) is 74.6 Å². The molecule has 2 N–H and O–H groups in total. The standard InChI is InChI=1S/C8H8O4/c1-4(9)5-2-3-6(10)8(12)7(5)11/h2-3,5,10,12H,1H3. The summed E-state index contributed by atoms with van der Waals surface area (Å²) in [4.78, 5) is 21.8. The molecule has 1 unspecified atom stereocenters. The maximum atomic E-state index is 11.0. The van der Waals surface area contributed by atoms with Crippen LogP contribution in [0.4, 0.5) is 0 Å². The van der Waals surface area contributed by atoms with E-state index in [1.165, 1.54) is 13.0 Å². The Bertz CT molecular complexity index is 298. The number of carbonyl (C=O) groups excluding carboxylic acids is 2. The number of Topliss-reactive ketones (excluding diaryl/α,β-unsaturated/α-hetero) is 2. The molecule has 0 amide bonds. The van der Waals surface area contributed by atoms with Crippen molar-refractivity contribution in [2.45, 2.75) is 6.92 Å². The summed E-state index contributed by atoms with van der Waals surface area (Å²) in [7, 11) is 0. The van der Waals surface area contributed by atoms with Gasteiger partial charge in [-0.3, -0.25) is 9.59 Å². The third-order valence-electron chi connectivity index (χ3n) is 1.64. The summed E-state index contributed by atoms with van der Waals surface area (Å²) in [5.41, 5.74) is 0. The molecule has 0 aromatic rings. The molecule has 0 spiro atoms. The predicted molar refractivity (Wildman–Crippen MR) is 40.6 cm³/mol. The second-order valence-electron chi connectivity index (χ2n) is 2.55. The lowest BCUT2D eigenvalue weighted by Gasteiger charge is -2.11. The Labute approximate surface area is 68.8 Å². The smallest absolute Gasteiger partial charge is 0.215 e. The van der Waals surface area contributed by atoms with E-state index in [1.807, 2.05) is 0 Å². The monoisotopic (exact) mass is 168 g/mol. The summed E-state index contributed by atoms with van der Waals surface area (Å²) in [5.74, 6) is -3.27. The fourth-order valence-electron chi connectivity index (χ4n) is 0.947. The Balaban J connectivity index is 3.01. The number of rotatable bonds is 1. The lowest BCUT2D eigenvalue weighted by atomic mass is 9.94. The molecule has 4 nitrogen and oxygen atoms in total. The molecular formula is C8H8O4. The van der Waals surface area contributed by atoms with E-state index < -0.39 is 23.2 Å². The first kappa shape index (κ1) is 8.52. The SMILES string of the molecule is CC(=O)C1C=CC(O)=C(O)C1=O. The molecular weight excluding hydrogens is 160 g/mol. The molecule has 1 atom stereocenters. The Morgan fingerprint density at radius 1 is 1.50 bits per heavy atom. The number of carbonyl (C=O) groups is 2. The third kappa shape index (κ3) is 1.23. The van der Waals surface area contributed by atoms with Crippen molar-refractivity contribution in [3.63, 3.8) is 0 Å². The first-order valence-corrected chi connectivity index (χ1v) is 3.39. The minimum absolute atomic E-state index is 0.352. The van der Waals surface area contributed by atoms with Crippen molar-refractivity contribution in [2.75, 3.05) is 0 Å². The molecule has 12 heavy (non-hydrogen) atoms. The Morgan fingerprint density at radius 3 is 2.58 bits per heavy atom. The molecule has 1 rings (SSSR count). The largest absolute Gasteiger partial charge is 0.504 e. The highest BCUT2D eigenvalue weighted by Gasteiger charge is 2.28. The van der Waals surface area contributed by atoms with Gasteiger partial charge < -0.3 is 10.2 Å². The first-order chi connectivity index (χ1) is 5.54. The average Bonchev–Trinajstić information content (AvgIpc) is 2.00. The van der Waals surface area contributed by atoms with Crippen LogP contribution in [0.3, 0.4) is 0 Å². The fourth-order valence-corrected chi connectivity index (χ4v) is 0.947. The number of hydrogen-bond donors (Lipinski definition) is 2. The number of aliphatic hydroxyl groups is 2. The van der Waals surface area contributed by atoms with E-state index in [0.717, 1.165) is 6.08 Å². The van der Waals surface area contributed by atoms with Crippen LogP contribution < -0.4 is 0 Å². The van der Waals surface area contributed by atoms with Gasteiger partial charge in [0.2, 0.25) is 11.5 Å². The van der Waals surface area contributed by atoms with E-state index in [4.69, 9.17) is 10.2 Å². The second kappa shape index (κ2) is 2.81. The summed E-state index contributed by atoms with van der Waals surface area (Å²) >= 11 is 0. The molecule has 0 heterocycles.